The number of carbonyl (C=O) groups excluding carboxylic acids is 2. The second-order valence-corrected chi connectivity index (χ2v) is 7.25. The summed E-state index contributed by atoms with van der Waals surface area (Å²) in [5.41, 5.74) is 7.63. The van der Waals surface area contributed by atoms with Gasteiger partial charge in [-0.15, -0.1) is 10.2 Å². The summed E-state index contributed by atoms with van der Waals surface area (Å²) < 4.78 is 7.66. The van der Waals surface area contributed by atoms with E-state index in [0.29, 0.717) is 11.4 Å². The number of rotatable bonds is 7. The van der Waals surface area contributed by atoms with E-state index in [1.807, 2.05) is 24.3 Å². The van der Waals surface area contributed by atoms with Crippen LogP contribution in [-0.2, 0) is 29.0 Å². The van der Waals surface area contributed by atoms with Crippen molar-refractivity contribution in [3.05, 3.63) is 59.9 Å². The Morgan fingerprint density at radius 2 is 1.80 bits per heavy atom. The lowest BCUT2D eigenvalue weighted by Gasteiger charge is -2.14. The van der Waals surface area contributed by atoms with Crippen molar-refractivity contribution >= 4 is 17.5 Å². The quantitative estimate of drug-likeness (QED) is 0.626. The molecule has 3 N–H and O–H groups in total. The number of nitrogens with zero attached hydrogens (tertiary/aromatic N) is 3. The van der Waals surface area contributed by atoms with Crippen LogP contribution < -0.4 is 15.8 Å². The van der Waals surface area contributed by atoms with Gasteiger partial charge in [0.2, 0.25) is 5.91 Å². The number of aromatic nitrogens is 3. The van der Waals surface area contributed by atoms with Crippen molar-refractivity contribution in [1.29, 1.82) is 0 Å². The zero-order chi connectivity index (χ0) is 20.9. The minimum Gasteiger partial charge on any atom is -0.484 e. The molecule has 0 saturated heterocycles. The number of hydrogen-bond acceptors (Lipinski definition) is 5. The highest BCUT2D eigenvalue weighted by Crippen LogP contribution is 2.24. The van der Waals surface area contributed by atoms with Crippen molar-refractivity contribution in [2.45, 2.75) is 32.2 Å². The van der Waals surface area contributed by atoms with Gasteiger partial charge in [-0.05, 0) is 54.8 Å². The minimum atomic E-state index is -0.391. The first kappa shape index (κ1) is 19.6. The number of aryl methyl sites for hydroxylation is 1. The molecule has 3 aromatic rings. The third kappa shape index (κ3) is 4.65. The average molecular weight is 405 g/mol. The molecule has 0 spiro atoms. The Bertz CT molecular complexity index is 1040. The van der Waals surface area contributed by atoms with Gasteiger partial charge in [-0.3, -0.25) is 9.59 Å². The van der Waals surface area contributed by atoms with Gasteiger partial charge in [0, 0.05) is 24.2 Å². The Balaban J connectivity index is 1.31. The van der Waals surface area contributed by atoms with Crippen LogP contribution in [0.4, 0.5) is 5.69 Å². The summed E-state index contributed by atoms with van der Waals surface area (Å²) in [4.78, 5) is 23.1. The smallest absolute Gasteiger partial charge is 0.262 e. The number of nitrogens with two attached hydrogens (primary N) is 1. The summed E-state index contributed by atoms with van der Waals surface area (Å²) in [6, 6.07) is 14.5. The SMILES string of the molecule is NC(=O)Cc1ccc(OCC(=O)Nc2ccc(-c3nnc4n3CCCC4)cc2)cc1. The molecular formula is C22H23N5O3. The third-order valence-electron chi connectivity index (χ3n) is 4.96. The molecule has 2 amide bonds. The number of amides is 2. The fourth-order valence-corrected chi connectivity index (χ4v) is 3.48. The molecule has 0 unspecified atom stereocenters. The highest BCUT2D eigenvalue weighted by molar-refractivity contribution is 5.92. The molecule has 8 nitrogen and oxygen atoms in total. The van der Waals surface area contributed by atoms with Crippen LogP contribution in [0.5, 0.6) is 5.75 Å². The molecule has 0 saturated carbocycles. The monoisotopic (exact) mass is 405 g/mol. The van der Waals surface area contributed by atoms with Gasteiger partial charge in [0.05, 0.1) is 6.42 Å². The normalized spacial score (nSPS) is 12.8. The first-order valence-electron chi connectivity index (χ1n) is 9.91. The molecule has 1 aromatic heterocycles. The third-order valence-corrected chi connectivity index (χ3v) is 4.96. The Kier molecular flexibility index (Phi) is 5.74. The maximum absolute atomic E-state index is 12.2. The Hall–Kier alpha value is -3.68. The highest BCUT2D eigenvalue weighted by atomic mass is 16.5. The second-order valence-electron chi connectivity index (χ2n) is 7.25. The lowest BCUT2D eigenvalue weighted by molar-refractivity contribution is -0.118. The number of fused-ring (bicyclic) bond motifs is 1. The lowest BCUT2D eigenvalue weighted by Crippen LogP contribution is -2.20. The fraction of sp³-hybridized carbons (Fsp3) is 0.273. The number of primary amides is 1. The van der Waals surface area contributed by atoms with Gasteiger partial charge in [0.25, 0.3) is 5.91 Å². The highest BCUT2D eigenvalue weighted by Gasteiger charge is 2.16. The Morgan fingerprint density at radius 1 is 1.03 bits per heavy atom. The van der Waals surface area contributed by atoms with E-state index in [9.17, 15) is 9.59 Å². The average Bonchev–Trinajstić information content (AvgIpc) is 3.18. The van der Waals surface area contributed by atoms with Crippen LogP contribution in [0, 0.1) is 0 Å². The molecule has 0 fully saturated rings. The van der Waals surface area contributed by atoms with Gasteiger partial charge >= 0.3 is 0 Å². The lowest BCUT2D eigenvalue weighted by atomic mass is 10.1. The van der Waals surface area contributed by atoms with E-state index in [2.05, 4.69) is 20.1 Å². The maximum Gasteiger partial charge on any atom is 0.262 e. The molecule has 1 aliphatic rings. The predicted molar refractivity (Wildman–Crippen MR) is 112 cm³/mol. The predicted octanol–water partition coefficient (Wildman–Crippen LogP) is 2.33. The van der Waals surface area contributed by atoms with Crippen molar-refractivity contribution in [2.75, 3.05) is 11.9 Å². The van der Waals surface area contributed by atoms with E-state index in [1.54, 1.807) is 24.3 Å². The standard InChI is InChI=1S/C22H23N5O3/c23-19(28)13-15-4-10-18(11-5-15)30-14-21(29)24-17-8-6-16(7-9-17)22-26-25-20-3-1-2-12-27(20)22/h4-11H,1-3,12-14H2,(H2,23,28)(H,24,29). The molecule has 2 aromatic carbocycles. The summed E-state index contributed by atoms with van der Waals surface area (Å²) in [6.45, 7) is 0.825. The van der Waals surface area contributed by atoms with Gasteiger partial charge in [-0.2, -0.15) is 0 Å². The first-order chi connectivity index (χ1) is 14.6. The molecule has 154 valence electrons. The second kappa shape index (κ2) is 8.77. The molecule has 0 radical (unpaired) electrons. The molecular weight excluding hydrogens is 382 g/mol. The zero-order valence-corrected chi connectivity index (χ0v) is 16.5. The molecule has 2 heterocycles. The van der Waals surface area contributed by atoms with Crippen LogP contribution in [0.1, 0.15) is 24.2 Å². The number of ether oxygens (including phenoxy) is 1. The molecule has 8 heteroatoms. The van der Waals surface area contributed by atoms with E-state index >= 15 is 0 Å². The van der Waals surface area contributed by atoms with E-state index in [0.717, 1.165) is 48.6 Å². The van der Waals surface area contributed by atoms with E-state index in [-0.39, 0.29) is 18.9 Å². The van der Waals surface area contributed by atoms with Crippen LogP contribution in [0.3, 0.4) is 0 Å². The van der Waals surface area contributed by atoms with Crippen LogP contribution in [0.25, 0.3) is 11.4 Å². The van der Waals surface area contributed by atoms with Gasteiger partial charge in [0.1, 0.15) is 11.6 Å². The van der Waals surface area contributed by atoms with Crippen LogP contribution in [0.2, 0.25) is 0 Å². The van der Waals surface area contributed by atoms with E-state index < -0.39 is 5.91 Å². The summed E-state index contributed by atoms with van der Waals surface area (Å²) in [5, 5.41) is 11.4. The number of hydrogen-bond donors (Lipinski definition) is 2. The number of carbonyl (C=O) groups is 2. The van der Waals surface area contributed by atoms with Gasteiger partial charge in [0.15, 0.2) is 12.4 Å². The molecule has 0 atom stereocenters. The first-order valence-corrected chi connectivity index (χ1v) is 9.91. The van der Waals surface area contributed by atoms with E-state index in [1.165, 1.54) is 0 Å². The van der Waals surface area contributed by atoms with E-state index in [4.69, 9.17) is 10.5 Å². The summed E-state index contributed by atoms with van der Waals surface area (Å²) in [6.07, 6.45) is 3.44. The van der Waals surface area contributed by atoms with Crippen molar-refractivity contribution in [2.24, 2.45) is 5.73 Å². The largest absolute Gasteiger partial charge is 0.484 e. The van der Waals surface area contributed by atoms with Gasteiger partial charge in [-0.25, -0.2) is 0 Å². The van der Waals surface area contributed by atoms with Crippen molar-refractivity contribution in [3.8, 4) is 17.1 Å². The summed E-state index contributed by atoms with van der Waals surface area (Å²) in [5.74, 6) is 1.80. The number of anilines is 1. The molecule has 30 heavy (non-hydrogen) atoms. The topological polar surface area (TPSA) is 112 Å². The number of benzene rings is 2. The van der Waals surface area contributed by atoms with Crippen molar-refractivity contribution < 1.29 is 14.3 Å². The van der Waals surface area contributed by atoms with Crippen LogP contribution in [-0.4, -0.2) is 33.2 Å². The summed E-state index contributed by atoms with van der Waals surface area (Å²) >= 11 is 0. The molecule has 0 bridgehead atoms. The van der Waals surface area contributed by atoms with Gasteiger partial charge in [-0.1, -0.05) is 12.1 Å². The van der Waals surface area contributed by atoms with Crippen molar-refractivity contribution in [3.63, 3.8) is 0 Å². The Morgan fingerprint density at radius 3 is 2.53 bits per heavy atom. The Labute approximate surface area is 174 Å². The van der Waals surface area contributed by atoms with Crippen LogP contribution >= 0.6 is 0 Å². The zero-order valence-electron chi connectivity index (χ0n) is 16.5. The molecule has 4 rings (SSSR count). The molecule has 1 aliphatic heterocycles. The fourth-order valence-electron chi connectivity index (χ4n) is 3.48. The molecule has 0 aliphatic carbocycles. The number of nitrogens with one attached hydrogen (secondary N) is 1. The summed E-state index contributed by atoms with van der Waals surface area (Å²) in [7, 11) is 0. The minimum absolute atomic E-state index is 0.116. The van der Waals surface area contributed by atoms with Crippen LogP contribution in [0.15, 0.2) is 48.5 Å². The van der Waals surface area contributed by atoms with Crippen molar-refractivity contribution in [1.82, 2.24) is 14.8 Å². The van der Waals surface area contributed by atoms with Gasteiger partial charge < -0.3 is 20.4 Å². The maximum atomic E-state index is 12.2.